The molecule has 1 aliphatic carbocycles. The summed E-state index contributed by atoms with van der Waals surface area (Å²) in [5.41, 5.74) is 7.59. The Morgan fingerprint density at radius 2 is 2.37 bits per heavy atom. The number of nitrogens with zero attached hydrogens (tertiary/aromatic N) is 2. The van der Waals surface area contributed by atoms with Crippen LogP contribution in [0.3, 0.4) is 0 Å². The number of amides is 1. The Balaban J connectivity index is 1.56. The summed E-state index contributed by atoms with van der Waals surface area (Å²) in [4.78, 5) is 16.2. The fourth-order valence-corrected chi connectivity index (χ4v) is 2.22. The standard InChI is InChI=1S/C14H18N4O/c15-12(10-4-5-10)8-16-14(19)7-11-9-18-6-2-1-3-13(18)17-11/h1-3,6,9-10,12H,4-5,7-8,15H2,(H,16,19). The zero-order valence-electron chi connectivity index (χ0n) is 10.7. The van der Waals surface area contributed by atoms with Gasteiger partial charge >= 0.3 is 0 Å². The molecule has 1 saturated carbocycles. The lowest BCUT2D eigenvalue weighted by atomic mass is 10.2. The SMILES string of the molecule is NC(CNC(=O)Cc1cn2ccccc2n1)C1CC1. The number of aromatic nitrogens is 2. The summed E-state index contributed by atoms with van der Waals surface area (Å²) in [5.74, 6) is 0.593. The maximum Gasteiger partial charge on any atom is 0.226 e. The molecule has 0 radical (unpaired) electrons. The van der Waals surface area contributed by atoms with Gasteiger partial charge in [-0.05, 0) is 30.9 Å². The Morgan fingerprint density at radius 1 is 1.53 bits per heavy atom. The van der Waals surface area contributed by atoms with Gasteiger partial charge in [0.25, 0.3) is 0 Å². The van der Waals surface area contributed by atoms with E-state index in [9.17, 15) is 4.79 Å². The van der Waals surface area contributed by atoms with E-state index >= 15 is 0 Å². The highest BCUT2D eigenvalue weighted by atomic mass is 16.1. The van der Waals surface area contributed by atoms with Gasteiger partial charge in [0, 0.05) is 25.0 Å². The van der Waals surface area contributed by atoms with Gasteiger partial charge in [-0.25, -0.2) is 4.98 Å². The average molecular weight is 258 g/mol. The number of hydrogen-bond donors (Lipinski definition) is 2. The van der Waals surface area contributed by atoms with E-state index in [2.05, 4.69) is 10.3 Å². The van der Waals surface area contributed by atoms with Crippen LogP contribution in [-0.4, -0.2) is 27.9 Å². The third kappa shape index (κ3) is 2.93. The molecule has 1 aliphatic rings. The summed E-state index contributed by atoms with van der Waals surface area (Å²) in [6, 6.07) is 5.89. The first-order valence-corrected chi connectivity index (χ1v) is 6.67. The van der Waals surface area contributed by atoms with Crippen LogP contribution in [0.4, 0.5) is 0 Å². The van der Waals surface area contributed by atoms with Crippen molar-refractivity contribution in [3.05, 3.63) is 36.3 Å². The molecule has 2 aromatic rings. The fraction of sp³-hybridized carbons (Fsp3) is 0.429. The zero-order chi connectivity index (χ0) is 13.2. The van der Waals surface area contributed by atoms with Crippen LogP contribution in [0.25, 0.3) is 5.65 Å². The summed E-state index contributed by atoms with van der Waals surface area (Å²) in [7, 11) is 0. The molecule has 0 aliphatic heterocycles. The zero-order valence-corrected chi connectivity index (χ0v) is 10.7. The lowest BCUT2D eigenvalue weighted by molar-refractivity contribution is -0.120. The first-order valence-electron chi connectivity index (χ1n) is 6.67. The van der Waals surface area contributed by atoms with E-state index in [1.54, 1.807) is 0 Å². The van der Waals surface area contributed by atoms with Gasteiger partial charge in [0.2, 0.25) is 5.91 Å². The van der Waals surface area contributed by atoms with Gasteiger partial charge in [-0.1, -0.05) is 6.07 Å². The molecule has 100 valence electrons. The normalized spacial score (nSPS) is 16.5. The topological polar surface area (TPSA) is 72.4 Å². The van der Waals surface area contributed by atoms with Crippen LogP contribution in [0.1, 0.15) is 18.5 Å². The molecule has 1 fully saturated rings. The van der Waals surface area contributed by atoms with Crippen LogP contribution in [0.15, 0.2) is 30.6 Å². The Bertz CT molecular complexity index is 555. The van der Waals surface area contributed by atoms with Gasteiger partial charge in [-0.2, -0.15) is 0 Å². The van der Waals surface area contributed by atoms with Gasteiger partial charge in [-0.3, -0.25) is 4.79 Å². The minimum atomic E-state index is -0.0143. The number of nitrogens with two attached hydrogens (primary N) is 1. The molecular formula is C14H18N4O. The van der Waals surface area contributed by atoms with Crippen molar-refractivity contribution in [3.8, 4) is 0 Å². The summed E-state index contributed by atoms with van der Waals surface area (Å²) < 4.78 is 1.92. The molecule has 5 heteroatoms. The summed E-state index contributed by atoms with van der Waals surface area (Å²) in [6.07, 6.45) is 6.51. The first kappa shape index (κ1) is 12.2. The van der Waals surface area contributed by atoms with Gasteiger partial charge in [0.05, 0.1) is 12.1 Å². The predicted molar refractivity (Wildman–Crippen MR) is 72.6 cm³/mol. The van der Waals surface area contributed by atoms with Crippen molar-refractivity contribution < 1.29 is 4.79 Å². The molecule has 5 nitrogen and oxygen atoms in total. The van der Waals surface area contributed by atoms with E-state index in [0.29, 0.717) is 18.9 Å². The maximum atomic E-state index is 11.8. The van der Waals surface area contributed by atoms with Crippen LogP contribution < -0.4 is 11.1 Å². The van der Waals surface area contributed by atoms with E-state index in [1.165, 1.54) is 12.8 Å². The van der Waals surface area contributed by atoms with Crippen LogP contribution in [-0.2, 0) is 11.2 Å². The number of fused-ring (bicyclic) bond motifs is 1. The lowest BCUT2D eigenvalue weighted by Crippen LogP contribution is -2.39. The number of rotatable bonds is 5. The Morgan fingerprint density at radius 3 is 3.11 bits per heavy atom. The van der Waals surface area contributed by atoms with E-state index < -0.39 is 0 Å². The molecule has 2 aromatic heterocycles. The second kappa shape index (κ2) is 5.01. The molecule has 19 heavy (non-hydrogen) atoms. The van der Waals surface area contributed by atoms with Gasteiger partial charge in [0.15, 0.2) is 0 Å². The predicted octanol–water partition coefficient (Wildman–Crippen LogP) is 0.730. The molecule has 1 unspecified atom stereocenters. The van der Waals surface area contributed by atoms with Crippen molar-refractivity contribution in [3.63, 3.8) is 0 Å². The molecule has 0 spiro atoms. The van der Waals surface area contributed by atoms with Crippen LogP contribution >= 0.6 is 0 Å². The largest absolute Gasteiger partial charge is 0.354 e. The Labute approximate surface area is 111 Å². The highest BCUT2D eigenvalue weighted by Gasteiger charge is 2.28. The second-order valence-electron chi connectivity index (χ2n) is 5.18. The van der Waals surface area contributed by atoms with Crippen molar-refractivity contribution in [2.24, 2.45) is 11.7 Å². The van der Waals surface area contributed by atoms with Crippen molar-refractivity contribution in [2.75, 3.05) is 6.54 Å². The number of pyridine rings is 1. The van der Waals surface area contributed by atoms with Crippen molar-refractivity contribution in [2.45, 2.75) is 25.3 Å². The molecule has 1 amide bonds. The maximum absolute atomic E-state index is 11.8. The van der Waals surface area contributed by atoms with Gasteiger partial charge in [0.1, 0.15) is 5.65 Å². The number of carbonyl (C=O) groups is 1. The van der Waals surface area contributed by atoms with Crippen molar-refractivity contribution >= 4 is 11.6 Å². The molecule has 0 aromatic carbocycles. The fourth-order valence-electron chi connectivity index (χ4n) is 2.22. The monoisotopic (exact) mass is 258 g/mol. The van der Waals surface area contributed by atoms with Crippen LogP contribution in [0, 0.1) is 5.92 Å². The lowest BCUT2D eigenvalue weighted by Gasteiger charge is -2.10. The molecule has 3 rings (SSSR count). The molecule has 0 saturated heterocycles. The minimum absolute atomic E-state index is 0.0143. The smallest absolute Gasteiger partial charge is 0.226 e. The van der Waals surface area contributed by atoms with Crippen molar-refractivity contribution in [1.82, 2.24) is 14.7 Å². The highest BCUT2D eigenvalue weighted by Crippen LogP contribution is 2.31. The number of nitrogens with one attached hydrogen (secondary N) is 1. The van der Waals surface area contributed by atoms with Gasteiger partial charge < -0.3 is 15.5 Å². The molecule has 2 heterocycles. The number of hydrogen-bond acceptors (Lipinski definition) is 3. The Hall–Kier alpha value is -1.88. The van der Waals surface area contributed by atoms with Crippen molar-refractivity contribution in [1.29, 1.82) is 0 Å². The summed E-state index contributed by atoms with van der Waals surface area (Å²) >= 11 is 0. The molecular weight excluding hydrogens is 240 g/mol. The second-order valence-corrected chi connectivity index (χ2v) is 5.18. The minimum Gasteiger partial charge on any atom is -0.354 e. The number of imidazole rings is 1. The Kier molecular flexibility index (Phi) is 3.21. The quantitative estimate of drug-likeness (QED) is 0.830. The van der Waals surface area contributed by atoms with E-state index in [1.807, 2.05) is 35.0 Å². The number of carbonyl (C=O) groups excluding carboxylic acids is 1. The molecule has 0 bridgehead atoms. The molecule has 1 atom stereocenters. The summed E-state index contributed by atoms with van der Waals surface area (Å²) in [6.45, 7) is 0.566. The summed E-state index contributed by atoms with van der Waals surface area (Å²) in [5, 5.41) is 2.88. The van der Waals surface area contributed by atoms with E-state index in [4.69, 9.17) is 5.73 Å². The van der Waals surface area contributed by atoms with Crippen LogP contribution in [0.2, 0.25) is 0 Å². The molecule has 3 N–H and O–H groups in total. The van der Waals surface area contributed by atoms with Crippen LogP contribution in [0.5, 0.6) is 0 Å². The highest BCUT2D eigenvalue weighted by molar-refractivity contribution is 5.78. The van der Waals surface area contributed by atoms with E-state index in [0.717, 1.165) is 11.3 Å². The average Bonchev–Trinajstić information content (AvgIpc) is 3.16. The van der Waals surface area contributed by atoms with E-state index in [-0.39, 0.29) is 11.9 Å². The third-order valence-electron chi connectivity index (χ3n) is 3.52. The first-order chi connectivity index (χ1) is 9.22. The third-order valence-corrected chi connectivity index (χ3v) is 3.52. The van der Waals surface area contributed by atoms with Gasteiger partial charge in [-0.15, -0.1) is 0 Å².